The molecule has 126 valence electrons. The Morgan fingerprint density at radius 1 is 1.22 bits per heavy atom. The van der Waals surface area contributed by atoms with Gasteiger partial charge in [0.1, 0.15) is 6.54 Å². The number of aliphatic carboxylic acids is 1. The zero-order valence-corrected chi connectivity index (χ0v) is 13.1. The van der Waals surface area contributed by atoms with Crippen LogP contribution in [-0.2, 0) is 14.3 Å². The molecule has 1 aliphatic rings. The number of anilines is 1. The predicted molar refractivity (Wildman–Crippen MR) is 86.6 cm³/mol. The van der Waals surface area contributed by atoms with Gasteiger partial charge in [-0.1, -0.05) is 18.2 Å². The molecule has 0 bridgehead atoms. The summed E-state index contributed by atoms with van der Waals surface area (Å²) in [6.07, 6.45) is 0. The zero-order chi connectivity index (χ0) is 16.5. The molecule has 7 nitrogen and oxygen atoms in total. The molecule has 1 saturated heterocycles. The highest BCUT2D eigenvalue weighted by Gasteiger charge is 2.15. The first-order chi connectivity index (χ1) is 11.1. The van der Waals surface area contributed by atoms with E-state index in [1.54, 1.807) is 0 Å². The summed E-state index contributed by atoms with van der Waals surface area (Å²) in [6, 6.07) is 9.67. The van der Waals surface area contributed by atoms with E-state index in [9.17, 15) is 9.59 Å². The van der Waals surface area contributed by atoms with Crippen LogP contribution in [0.15, 0.2) is 30.3 Å². The van der Waals surface area contributed by atoms with Gasteiger partial charge < -0.3 is 20.1 Å². The molecule has 1 fully saturated rings. The lowest BCUT2D eigenvalue weighted by molar-refractivity contribution is -0.137. The number of benzene rings is 1. The van der Waals surface area contributed by atoms with Gasteiger partial charge in [0.05, 0.1) is 19.8 Å². The molecule has 1 heterocycles. The van der Waals surface area contributed by atoms with Crippen molar-refractivity contribution in [1.82, 2.24) is 10.2 Å². The first-order valence-electron chi connectivity index (χ1n) is 7.74. The van der Waals surface area contributed by atoms with Gasteiger partial charge in [0, 0.05) is 31.9 Å². The maximum Gasteiger partial charge on any atom is 0.322 e. The third kappa shape index (κ3) is 6.25. The van der Waals surface area contributed by atoms with Crippen molar-refractivity contribution in [2.45, 2.75) is 0 Å². The van der Waals surface area contributed by atoms with Crippen LogP contribution in [0.3, 0.4) is 0 Å². The normalized spacial score (nSPS) is 15.1. The SMILES string of the molecule is O=C(O)CNC(=O)CN(CCN1CCOCC1)c1ccccc1. The van der Waals surface area contributed by atoms with E-state index in [-0.39, 0.29) is 19.0 Å². The van der Waals surface area contributed by atoms with Crippen molar-refractivity contribution in [3.8, 4) is 0 Å². The summed E-state index contributed by atoms with van der Waals surface area (Å²) in [5.41, 5.74) is 0.950. The van der Waals surface area contributed by atoms with Gasteiger partial charge in [0.2, 0.25) is 5.91 Å². The van der Waals surface area contributed by atoms with E-state index in [0.717, 1.165) is 38.5 Å². The molecular weight excluding hydrogens is 298 g/mol. The van der Waals surface area contributed by atoms with Crippen molar-refractivity contribution in [2.75, 3.05) is 57.4 Å². The molecule has 0 radical (unpaired) electrons. The van der Waals surface area contributed by atoms with E-state index in [1.165, 1.54) is 0 Å². The van der Waals surface area contributed by atoms with Crippen LogP contribution >= 0.6 is 0 Å². The van der Waals surface area contributed by atoms with Gasteiger partial charge in [-0.05, 0) is 12.1 Å². The molecule has 0 spiro atoms. The number of carbonyl (C=O) groups is 2. The van der Waals surface area contributed by atoms with Crippen molar-refractivity contribution in [3.63, 3.8) is 0 Å². The van der Waals surface area contributed by atoms with E-state index in [4.69, 9.17) is 9.84 Å². The Morgan fingerprint density at radius 2 is 1.91 bits per heavy atom. The molecule has 7 heteroatoms. The topological polar surface area (TPSA) is 82.1 Å². The van der Waals surface area contributed by atoms with E-state index in [2.05, 4.69) is 10.2 Å². The number of hydrogen-bond acceptors (Lipinski definition) is 5. The maximum absolute atomic E-state index is 11.9. The number of carboxylic acid groups (broad SMARTS) is 1. The largest absolute Gasteiger partial charge is 0.480 e. The van der Waals surface area contributed by atoms with Gasteiger partial charge in [0.15, 0.2) is 0 Å². The Morgan fingerprint density at radius 3 is 2.57 bits per heavy atom. The molecule has 1 aliphatic heterocycles. The lowest BCUT2D eigenvalue weighted by Crippen LogP contribution is -2.45. The van der Waals surface area contributed by atoms with Crippen LogP contribution in [-0.4, -0.2) is 74.4 Å². The number of amides is 1. The standard InChI is InChI=1S/C16H23N3O4/c20-15(17-12-16(21)22)13-19(14-4-2-1-3-5-14)7-6-18-8-10-23-11-9-18/h1-5H,6-13H2,(H,17,20)(H,21,22). The number of carbonyl (C=O) groups excluding carboxylic acids is 1. The second-order valence-electron chi connectivity index (χ2n) is 5.38. The van der Waals surface area contributed by atoms with Crippen molar-refractivity contribution in [3.05, 3.63) is 30.3 Å². The average molecular weight is 321 g/mol. The van der Waals surface area contributed by atoms with Crippen LogP contribution in [0.25, 0.3) is 0 Å². The van der Waals surface area contributed by atoms with Gasteiger partial charge in [0.25, 0.3) is 0 Å². The third-order valence-corrected chi connectivity index (χ3v) is 3.68. The van der Waals surface area contributed by atoms with E-state index < -0.39 is 5.97 Å². The number of ether oxygens (including phenoxy) is 1. The van der Waals surface area contributed by atoms with Crippen molar-refractivity contribution in [1.29, 1.82) is 0 Å². The summed E-state index contributed by atoms with van der Waals surface area (Å²) in [5, 5.41) is 11.0. The number of hydrogen-bond donors (Lipinski definition) is 2. The van der Waals surface area contributed by atoms with Gasteiger partial charge in [-0.25, -0.2) is 0 Å². The highest BCUT2D eigenvalue weighted by atomic mass is 16.5. The quantitative estimate of drug-likeness (QED) is 0.703. The second kappa shape index (κ2) is 9.12. The van der Waals surface area contributed by atoms with Crippen molar-refractivity contribution in [2.24, 2.45) is 0 Å². The van der Waals surface area contributed by atoms with Crippen molar-refractivity contribution < 1.29 is 19.4 Å². The number of rotatable bonds is 8. The molecular formula is C16H23N3O4. The number of nitrogens with one attached hydrogen (secondary N) is 1. The molecule has 2 rings (SSSR count). The molecule has 23 heavy (non-hydrogen) atoms. The van der Waals surface area contributed by atoms with E-state index >= 15 is 0 Å². The minimum Gasteiger partial charge on any atom is -0.480 e. The Bertz CT molecular complexity index is 503. The lowest BCUT2D eigenvalue weighted by atomic mass is 10.2. The summed E-state index contributed by atoms with van der Waals surface area (Å²) in [5.74, 6) is -1.34. The van der Waals surface area contributed by atoms with Gasteiger partial charge in [-0.2, -0.15) is 0 Å². The summed E-state index contributed by atoms with van der Waals surface area (Å²) in [4.78, 5) is 26.7. The van der Waals surface area contributed by atoms with Gasteiger partial charge in [-0.3, -0.25) is 14.5 Å². The summed E-state index contributed by atoms with van der Waals surface area (Å²) < 4.78 is 5.34. The molecule has 0 aromatic heterocycles. The molecule has 0 atom stereocenters. The molecule has 0 saturated carbocycles. The molecule has 0 unspecified atom stereocenters. The second-order valence-corrected chi connectivity index (χ2v) is 5.38. The number of morpholine rings is 1. The zero-order valence-electron chi connectivity index (χ0n) is 13.1. The van der Waals surface area contributed by atoms with Crippen LogP contribution in [0.2, 0.25) is 0 Å². The number of carboxylic acids is 1. The molecule has 1 aromatic carbocycles. The first kappa shape index (κ1) is 17.2. The van der Waals surface area contributed by atoms with Gasteiger partial charge >= 0.3 is 5.97 Å². The first-order valence-corrected chi connectivity index (χ1v) is 7.74. The minimum atomic E-state index is -1.04. The lowest BCUT2D eigenvalue weighted by Gasteiger charge is -2.30. The fourth-order valence-corrected chi connectivity index (χ4v) is 2.43. The fourth-order valence-electron chi connectivity index (χ4n) is 2.43. The monoisotopic (exact) mass is 321 g/mol. The summed E-state index contributed by atoms with van der Waals surface area (Å²) in [7, 11) is 0. The van der Waals surface area contributed by atoms with E-state index in [0.29, 0.717) is 6.54 Å². The Kier molecular flexibility index (Phi) is 6.83. The van der Waals surface area contributed by atoms with Gasteiger partial charge in [-0.15, -0.1) is 0 Å². The van der Waals surface area contributed by atoms with Crippen LogP contribution in [0.1, 0.15) is 0 Å². The van der Waals surface area contributed by atoms with Crippen molar-refractivity contribution >= 4 is 17.6 Å². The number of nitrogens with zero attached hydrogens (tertiary/aromatic N) is 2. The number of para-hydroxylation sites is 1. The average Bonchev–Trinajstić information content (AvgIpc) is 2.58. The molecule has 2 N–H and O–H groups in total. The fraction of sp³-hybridized carbons (Fsp3) is 0.500. The Labute approximate surface area is 135 Å². The molecule has 1 aromatic rings. The highest BCUT2D eigenvalue weighted by molar-refractivity contribution is 5.84. The highest BCUT2D eigenvalue weighted by Crippen LogP contribution is 2.13. The summed E-state index contributed by atoms with van der Waals surface area (Å²) >= 11 is 0. The Hall–Kier alpha value is -2.12. The third-order valence-electron chi connectivity index (χ3n) is 3.68. The minimum absolute atomic E-state index is 0.141. The maximum atomic E-state index is 11.9. The van der Waals surface area contributed by atoms with Crippen LogP contribution in [0, 0.1) is 0 Å². The molecule has 0 aliphatic carbocycles. The van der Waals surface area contributed by atoms with Crippen LogP contribution in [0.5, 0.6) is 0 Å². The molecule has 1 amide bonds. The van der Waals surface area contributed by atoms with Crippen LogP contribution < -0.4 is 10.2 Å². The predicted octanol–water partition coefficient (Wildman–Crippen LogP) is 0.0260. The van der Waals surface area contributed by atoms with E-state index in [1.807, 2.05) is 35.2 Å². The smallest absolute Gasteiger partial charge is 0.322 e. The van der Waals surface area contributed by atoms with Crippen LogP contribution in [0.4, 0.5) is 5.69 Å². The Balaban J connectivity index is 1.91. The summed E-state index contributed by atoms with van der Waals surface area (Å²) in [6.45, 7) is 4.60.